The van der Waals surface area contributed by atoms with E-state index < -0.39 is 0 Å². The quantitative estimate of drug-likeness (QED) is 0.459. The summed E-state index contributed by atoms with van der Waals surface area (Å²) in [6.07, 6.45) is 0. The minimum absolute atomic E-state index is 1.23. The van der Waals surface area contributed by atoms with Gasteiger partial charge in [-0.25, -0.2) is 0 Å². The van der Waals surface area contributed by atoms with Gasteiger partial charge in [0.1, 0.15) is 0 Å². The smallest absolute Gasteiger partial charge is 0.0526 e. The second kappa shape index (κ2) is 2.15. The van der Waals surface area contributed by atoms with Crippen LogP contribution in [0.15, 0.2) is 46.2 Å². The summed E-state index contributed by atoms with van der Waals surface area (Å²) < 4.78 is 0. The maximum Gasteiger partial charge on any atom is 0.0526 e. The molecule has 0 aromatic heterocycles. The predicted octanol–water partition coefficient (Wildman–Crippen LogP) is 3.88. The van der Waals surface area contributed by atoms with Gasteiger partial charge >= 0.3 is 0 Å². The Balaban J connectivity index is 2.27. The van der Waals surface area contributed by atoms with E-state index in [1.807, 2.05) is 11.8 Å². The lowest BCUT2D eigenvalue weighted by Gasteiger charge is -2.18. The summed E-state index contributed by atoms with van der Waals surface area (Å²) in [6.45, 7) is 0. The zero-order valence-electron chi connectivity index (χ0n) is 7.37. The lowest BCUT2D eigenvalue weighted by atomic mass is 10.1. The predicted molar refractivity (Wildman–Crippen MR) is 59.3 cm³/mol. The molecule has 4 bridgehead atoms. The molecule has 2 aromatic rings. The van der Waals surface area contributed by atoms with Crippen molar-refractivity contribution >= 4 is 23.1 Å². The van der Waals surface area contributed by atoms with Gasteiger partial charge in [0.05, 0.1) is 11.4 Å². The number of nitrogens with one attached hydrogen (secondary N) is 1. The van der Waals surface area contributed by atoms with Gasteiger partial charge in [-0.15, -0.1) is 0 Å². The van der Waals surface area contributed by atoms with Crippen LogP contribution in [0.1, 0.15) is 0 Å². The van der Waals surface area contributed by atoms with Crippen LogP contribution in [0.25, 0.3) is 11.1 Å². The molecule has 2 heterocycles. The molecule has 2 heteroatoms. The lowest BCUT2D eigenvalue weighted by Crippen LogP contribution is -1.96. The molecule has 0 radical (unpaired) electrons. The Morgan fingerprint density at radius 1 is 0.786 bits per heavy atom. The highest BCUT2D eigenvalue weighted by atomic mass is 32.2. The number of benzene rings is 2. The number of rotatable bonds is 0. The van der Waals surface area contributed by atoms with Gasteiger partial charge in [0, 0.05) is 9.79 Å². The van der Waals surface area contributed by atoms with Gasteiger partial charge in [-0.1, -0.05) is 23.9 Å². The standard InChI is InChI=1S/C12H7NS/c1-3-9-11-5-7(1)8-2-4-10(13-9)12(6-8)14-11/h1-6,13H. The van der Waals surface area contributed by atoms with Crippen LogP contribution in [0.4, 0.5) is 11.4 Å². The third-order valence-corrected chi connectivity index (χ3v) is 3.90. The molecule has 0 unspecified atom stereocenters. The number of hydrogen-bond acceptors (Lipinski definition) is 2. The average Bonchev–Trinajstić information content (AvgIpc) is 2.34. The molecule has 2 aromatic carbocycles. The maximum absolute atomic E-state index is 3.45. The molecule has 4 rings (SSSR count). The summed E-state index contributed by atoms with van der Waals surface area (Å²) >= 11 is 1.86. The summed E-state index contributed by atoms with van der Waals surface area (Å²) in [5, 5.41) is 3.45. The van der Waals surface area contributed by atoms with Crippen LogP contribution in [0.2, 0.25) is 0 Å². The Morgan fingerprint density at radius 3 is 1.93 bits per heavy atom. The first-order valence-electron chi connectivity index (χ1n) is 4.63. The van der Waals surface area contributed by atoms with Crippen LogP contribution in [0.3, 0.4) is 0 Å². The lowest BCUT2D eigenvalue weighted by molar-refractivity contribution is 1.35. The molecule has 66 valence electrons. The molecule has 0 spiro atoms. The van der Waals surface area contributed by atoms with E-state index in [9.17, 15) is 0 Å². The normalized spacial score (nSPS) is 14.0. The molecular weight excluding hydrogens is 190 g/mol. The van der Waals surface area contributed by atoms with Crippen molar-refractivity contribution in [3.05, 3.63) is 36.4 Å². The summed E-state index contributed by atoms with van der Waals surface area (Å²) in [6, 6.07) is 13.2. The fourth-order valence-corrected chi connectivity index (χ4v) is 3.11. The van der Waals surface area contributed by atoms with Crippen molar-refractivity contribution in [1.29, 1.82) is 0 Å². The highest BCUT2D eigenvalue weighted by Gasteiger charge is 2.19. The highest BCUT2D eigenvalue weighted by molar-refractivity contribution is 7.99. The molecule has 14 heavy (non-hydrogen) atoms. The Labute approximate surface area is 86.1 Å². The van der Waals surface area contributed by atoms with Crippen molar-refractivity contribution in [3.63, 3.8) is 0 Å². The monoisotopic (exact) mass is 197 g/mol. The Kier molecular flexibility index (Phi) is 1.07. The van der Waals surface area contributed by atoms with Gasteiger partial charge in [0.25, 0.3) is 0 Å². The van der Waals surface area contributed by atoms with Crippen molar-refractivity contribution in [2.75, 3.05) is 5.32 Å². The largest absolute Gasteiger partial charge is 0.354 e. The second-order valence-corrected chi connectivity index (χ2v) is 4.73. The molecule has 1 N–H and O–H groups in total. The molecule has 2 aliphatic heterocycles. The molecule has 0 saturated carbocycles. The molecule has 1 nitrogen and oxygen atoms in total. The van der Waals surface area contributed by atoms with E-state index in [4.69, 9.17) is 0 Å². The van der Waals surface area contributed by atoms with E-state index in [1.54, 1.807) is 0 Å². The zero-order chi connectivity index (χ0) is 9.12. The minimum Gasteiger partial charge on any atom is -0.354 e. The third kappa shape index (κ3) is 0.727. The fourth-order valence-electron chi connectivity index (χ4n) is 2.04. The molecule has 0 atom stereocenters. The van der Waals surface area contributed by atoms with Crippen LogP contribution >= 0.6 is 11.8 Å². The van der Waals surface area contributed by atoms with Gasteiger partial charge in [0.2, 0.25) is 0 Å². The van der Waals surface area contributed by atoms with Crippen molar-refractivity contribution in [2.24, 2.45) is 0 Å². The highest BCUT2D eigenvalue weighted by Crippen LogP contribution is 2.49. The Hall–Kier alpha value is -1.41. The minimum atomic E-state index is 1.23. The third-order valence-electron chi connectivity index (χ3n) is 2.79. The van der Waals surface area contributed by atoms with E-state index >= 15 is 0 Å². The van der Waals surface area contributed by atoms with E-state index in [0.717, 1.165) is 0 Å². The van der Waals surface area contributed by atoms with Gasteiger partial charge in [-0.2, -0.15) is 0 Å². The zero-order valence-corrected chi connectivity index (χ0v) is 8.19. The first kappa shape index (κ1) is 6.96. The number of anilines is 2. The Bertz CT molecular complexity index is 511. The molecule has 0 saturated heterocycles. The number of hydrogen-bond donors (Lipinski definition) is 1. The molecule has 0 aliphatic carbocycles. The van der Waals surface area contributed by atoms with Crippen LogP contribution in [-0.2, 0) is 0 Å². The van der Waals surface area contributed by atoms with E-state index in [-0.39, 0.29) is 0 Å². The summed E-state index contributed by atoms with van der Waals surface area (Å²) in [5.41, 5.74) is 5.12. The molecule has 0 fully saturated rings. The van der Waals surface area contributed by atoms with E-state index in [0.29, 0.717) is 0 Å². The molecular formula is C12H7NS. The summed E-state index contributed by atoms with van der Waals surface area (Å²) in [5.74, 6) is 0. The van der Waals surface area contributed by atoms with E-state index in [1.165, 1.54) is 32.3 Å². The number of fused-ring (bicyclic) bond motifs is 3. The fraction of sp³-hybridized carbons (Fsp3) is 0. The molecule has 2 aliphatic rings. The second-order valence-electron chi connectivity index (χ2n) is 3.65. The topological polar surface area (TPSA) is 12.0 Å². The molecule has 0 amide bonds. The average molecular weight is 197 g/mol. The van der Waals surface area contributed by atoms with Crippen LogP contribution in [0, 0.1) is 0 Å². The van der Waals surface area contributed by atoms with Gasteiger partial charge in [0.15, 0.2) is 0 Å². The van der Waals surface area contributed by atoms with Gasteiger partial charge in [-0.05, 0) is 35.4 Å². The van der Waals surface area contributed by atoms with Crippen molar-refractivity contribution in [1.82, 2.24) is 0 Å². The van der Waals surface area contributed by atoms with Crippen LogP contribution in [0.5, 0.6) is 0 Å². The van der Waals surface area contributed by atoms with E-state index in [2.05, 4.69) is 41.7 Å². The first-order chi connectivity index (χ1) is 6.90. The summed E-state index contributed by atoms with van der Waals surface area (Å²) in [4.78, 5) is 2.69. The van der Waals surface area contributed by atoms with Crippen molar-refractivity contribution in [2.45, 2.75) is 9.79 Å². The first-order valence-corrected chi connectivity index (χ1v) is 5.45. The maximum atomic E-state index is 3.45. The van der Waals surface area contributed by atoms with Gasteiger partial charge < -0.3 is 5.32 Å². The SMILES string of the molecule is c1cc2c3cc1-c1ccc(c(c1)S3)N2. The Morgan fingerprint density at radius 2 is 1.36 bits per heavy atom. The van der Waals surface area contributed by atoms with Gasteiger partial charge in [-0.3, -0.25) is 0 Å². The van der Waals surface area contributed by atoms with Crippen LogP contribution < -0.4 is 5.32 Å². The van der Waals surface area contributed by atoms with Crippen molar-refractivity contribution in [3.8, 4) is 11.1 Å². The summed E-state index contributed by atoms with van der Waals surface area (Å²) in [7, 11) is 0. The van der Waals surface area contributed by atoms with Crippen LogP contribution in [-0.4, -0.2) is 0 Å². The van der Waals surface area contributed by atoms with Crippen molar-refractivity contribution < 1.29 is 0 Å².